The van der Waals surface area contributed by atoms with E-state index < -0.39 is 0 Å². The summed E-state index contributed by atoms with van der Waals surface area (Å²) in [5, 5.41) is 0. The zero-order chi connectivity index (χ0) is 20.9. The molecule has 2 saturated carbocycles. The highest BCUT2D eigenvalue weighted by atomic mass is 16.3. The number of hydrogen-bond acceptors (Lipinski definition) is 2. The van der Waals surface area contributed by atoms with Crippen LogP contribution in [0.15, 0.2) is 40.8 Å². The van der Waals surface area contributed by atoms with E-state index in [1.54, 1.807) is 0 Å². The highest BCUT2D eigenvalue weighted by Gasteiger charge is 2.34. The van der Waals surface area contributed by atoms with Crippen LogP contribution in [0.1, 0.15) is 81.2 Å². The Morgan fingerprint density at radius 3 is 2.48 bits per heavy atom. The van der Waals surface area contributed by atoms with E-state index >= 15 is 0 Å². The highest BCUT2D eigenvalue weighted by Crippen LogP contribution is 2.41. The molecule has 2 heterocycles. The quantitative estimate of drug-likeness (QED) is 0.348. The first-order valence-electron chi connectivity index (χ1n) is 12.1. The zero-order valence-electron chi connectivity index (χ0n) is 18.7. The largest absolute Gasteiger partial charge is 0.439 e. The average Bonchev–Trinajstić information content (AvgIpc) is 3.53. The molecule has 2 aromatic heterocycles. The van der Waals surface area contributed by atoms with Crippen LogP contribution in [-0.4, -0.2) is 9.55 Å². The van der Waals surface area contributed by atoms with Crippen LogP contribution in [0.4, 0.5) is 0 Å². The fraction of sp³-hybridized carbons (Fsp3) is 0.481. The first kappa shape index (κ1) is 19.1. The summed E-state index contributed by atoms with van der Waals surface area (Å²) in [7, 11) is 2.21. The lowest BCUT2D eigenvalue weighted by Gasteiger charge is -2.21. The molecule has 0 N–H and O–H groups in total. The molecule has 0 bridgehead atoms. The van der Waals surface area contributed by atoms with Crippen molar-refractivity contribution in [1.82, 2.24) is 9.55 Å². The van der Waals surface area contributed by atoms with E-state index in [1.165, 1.54) is 85.8 Å². The molecule has 0 aliphatic heterocycles. The number of aromatic nitrogens is 3. The number of nitrogens with zero attached hydrogens (tertiary/aromatic N) is 3. The Labute approximate surface area is 183 Å². The third kappa shape index (κ3) is 3.02. The van der Waals surface area contributed by atoms with Gasteiger partial charge in [-0.3, -0.25) is 0 Å². The summed E-state index contributed by atoms with van der Waals surface area (Å²) in [6, 6.07) is 13.8. The second-order valence-corrected chi connectivity index (χ2v) is 9.67. The monoisotopic (exact) mass is 414 g/mol. The predicted octanol–water partition coefficient (Wildman–Crippen LogP) is 6.75. The van der Waals surface area contributed by atoms with Gasteiger partial charge in [0.05, 0.1) is 7.05 Å². The summed E-state index contributed by atoms with van der Waals surface area (Å²) in [6.07, 6.45) is 11.5. The van der Waals surface area contributed by atoms with Crippen molar-refractivity contribution >= 4 is 22.1 Å². The van der Waals surface area contributed by atoms with E-state index in [4.69, 9.17) is 9.40 Å². The Balaban J connectivity index is 1.63. The Bertz CT molecular complexity index is 1250. The SMILES string of the molecule is Cc1ccc2nc(C3CCCC3)oc2c1-c1n(C2CCCCC2)c2ccccc2[n+]1C. The number of fused-ring (bicyclic) bond motifs is 2. The van der Waals surface area contributed by atoms with Gasteiger partial charge in [0.15, 0.2) is 22.5 Å². The zero-order valence-corrected chi connectivity index (χ0v) is 18.7. The number of imidazole rings is 1. The molecule has 160 valence electrons. The van der Waals surface area contributed by atoms with Crippen LogP contribution in [-0.2, 0) is 7.05 Å². The standard InChI is InChI=1S/C27H32N3O/c1-18-16-17-21-25(31-26(28-21)19-10-6-7-11-19)24(18)27-29(2)22-14-8-9-15-23(22)30(27)20-12-4-3-5-13-20/h8-9,14-17,19-20H,3-7,10-13H2,1-2H3/q+1. The number of oxazole rings is 1. The van der Waals surface area contributed by atoms with Gasteiger partial charge in [-0.05, 0) is 69.2 Å². The molecule has 0 radical (unpaired) electrons. The van der Waals surface area contributed by atoms with Crippen LogP contribution in [0, 0.1) is 6.92 Å². The number of benzene rings is 2. The predicted molar refractivity (Wildman–Crippen MR) is 124 cm³/mol. The van der Waals surface area contributed by atoms with Crippen molar-refractivity contribution in [3.8, 4) is 11.4 Å². The van der Waals surface area contributed by atoms with E-state index in [0.29, 0.717) is 12.0 Å². The Hall–Kier alpha value is -2.62. The third-order valence-electron chi connectivity index (χ3n) is 7.70. The van der Waals surface area contributed by atoms with Crippen LogP contribution < -0.4 is 4.57 Å². The maximum Gasteiger partial charge on any atom is 0.294 e. The fourth-order valence-corrected chi connectivity index (χ4v) is 6.07. The van der Waals surface area contributed by atoms with Crippen molar-refractivity contribution in [2.75, 3.05) is 0 Å². The van der Waals surface area contributed by atoms with Crippen LogP contribution in [0.2, 0.25) is 0 Å². The van der Waals surface area contributed by atoms with Crippen molar-refractivity contribution in [2.24, 2.45) is 7.05 Å². The lowest BCUT2D eigenvalue weighted by atomic mass is 9.94. The summed E-state index contributed by atoms with van der Waals surface area (Å²) in [6.45, 7) is 2.22. The smallest absolute Gasteiger partial charge is 0.294 e. The Morgan fingerprint density at radius 2 is 1.68 bits per heavy atom. The van der Waals surface area contributed by atoms with E-state index in [0.717, 1.165) is 17.0 Å². The van der Waals surface area contributed by atoms with Gasteiger partial charge >= 0.3 is 0 Å². The average molecular weight is 415 g/mol. The second kappa shape index (κ2) is 7.51. The van der Waals surface area contributed by atoms with Crippen LogP contribution in [0.5, 0.6) is 0 Å². The molecule has 2 fully saturated rings. The summed E-state index contributed by atoms with van der Waals surface area (Å²) in [4.78, 5) is 4.96. The van der Waals surface area contributed by atoms with Gasteiger partial charge in [0, 0.05) is 5.92 Å². The van der Waals surface area contributed by atoms with Gasteiger partial charge in [-0.25, -0.2) is 14.1 Å². The molecule has 4 aromatic rings. The molecule has 6 rings (SSSR count). The van der Waals surface area contributed by atoms with Gasteiger partial charge < -0.3 is 4.42 Å². The number of aryl methyl sites for hydroxylation is 2. The van der Waals surface area contributed by atoms with Gasteiger partial charge in [-0.15, -0.1) is 0 Å². The lowest BCUT2D eigenvalue weighted by molar-refractivity contribution is -0.634. The molecular weight excluding hydrogens is 382 g/mol. The third-order valence-corrected chi connectivity index (χ3v) is 7.70. The van der Waals surface area contributed by atoms with Crippen molar-refractivity contribution in [1.29, 1.82) is 0 Å². The summed E-state index contributed by atoms with van der Waals surface area (Å²) >= 11 is 0. The van der Waals surface area contributed by atoms with E-state index in [1.807, 2.05) is 0 Å². The molecule has 2 aromatic carbocycles. The summed E-state index contributed by atoms with van der Waals surface area (Å²) < 4.78 is 11.6. The van der Waals surface area contributed by atoms with E-state index in [9.17, 15) is 0 Å². The van der Waals surface area contributed by atoms with Crippen molar-refractivity contribution < 1.29 is 8.98 Å². The summed E-state index contributed by atoms with van der Waals surface area (Å²) in [5.74, 6) is 2.70. The Morgan fingerprint density at radius 1 is 0.935 bits per heavy atom. The van der Waals surface area contributed by atoms with Crippen molar-refractivity contribution in [3.63, 3.8) is 0 Å². The van der Waals surface area contributed by atoms with Gasteiger partial charge in [0.25, 0.3) is 5.82 Å². The second-order valence-electron chi connectivity index (χ2n) is 9.67. The number of rotatable bonds is 3. The fourth-order valence-electron chi connectivity index (χ4n) is 6.07. The molecule has 2 aliphatic carbocycles. The van der Waals surface area contributed by atoms with E-state index in [2.05, 4.69) is 59.5 Å². The Kier molecular flexibility index (Phi) is 4.62. The topological polar surface area (TPSA) is 34.8 Å². The molecule has 0 spiro atoms. The van der Waals surface area contributed by atoms with Crippen molar-refractivity contribution in [3.05, 3.63) is 47.9 Å². The minimum Gasteiger partial charge on any atom is -0.439 e. The lowest BCUT2D eigenvalue weighted by Crippen LogP contribution is -2.31. The van der Waals surface area contributed by atoms with Gasteiger partial charge in [0.2, 0.25) is 0 Å². The normalized spacial score (nSPS) is 18.5. The molecule has 0 unspecified atom stereocenters. The van der Waals surface area contributed by atoms with Gasteiger partial charge in [-0.1, -0.05) is 37.5 Å². The molecule has 0 saturated heterocycles. The number of hydrogen-bond donors (Lipinski definition) is 0. The molecule has 4 nitrogen and oxygen atoms in total. The minimum atomic E-state index is 0.485. The van der Waals surface area contributed by atoms with Crippen molar-refractivity contribution in [2.45, 2.75) is 76.7 Å². The molecule has 2 aliphatic rings. The first-order chi connectivity index (χ1) is 15.2. The first-order valence-corrected chi connectivity index (χ1v) is 12.1. The molecule has 4 heteroatoms. The highest BCUT2D eigenvalue weighted by molar-refractivity contribution is 5.91. The van der Waals surface area contributed by atoms with Crippen LogP contribution in [0.3, 0.4) is 0 Å². The molecular formula is C27H32N3O+. The maximum absolute atomic E-state index is 6.57. The molecule has 31 heavy (non-hydrogen) atoms. The number of para-hydroxylation sites is 2. The molecule has 0 amide bonds. The van der Waals surface area contributed by atoms with Crippen LogP contribution >= 0.6 is 0 Å². The van der Waals surface area contributed by atoms with E-state index in [-0.39, 0.29) is 0 Å². The van der Waals surface area contributed by atoms with Gasteiger partial charge in [-0.2, -0.15) is 0 Å². The summed E-state index contributed by atoms with van der Waals surface area (Å²) in [5.41, 5.74) is 7.07. The molecule has 0 atom stereocenters. The van der Waals surface area contributed by atoms with Crippen LogP contribution in [0.25, 0.3) is 33.5 Å². The van der Waals surface area contributed by atoms with Gasteiger partial charge in [0.1, 0.15) is 17.1 Å². The maximum atomic E-state index is 6.57. The minimum absolute atomic E-state index is 0.485.